The number of rotatable bonds is 3. The number of carbonyl (C=O) groups is 2. The Balaban J connectivity index is 1.35. The molecule has 5 nitrogen and oxygen atoms in total. The van der Waals surface area contributed by atoms with Gasteiger partial charge in [0, 0.05) is 35.6 Å². The molecule has 1 spiro atoms. The average molecular weight is 486 g/mol. The summed E-state index contributed by atoms with van der Waals surface area (Å²) in [4.78, 5) is 30.7. The van der Waals surface area contributed by atoms with Crippen molar-refractivity contribution in [2.24, 2.45) is 5.41 Å². The van der Waals surface area contributed by atoms with E-state index in [1.54, 1.807) is 37.3 Å². The van der Waals surface area contributed by atoms with Crippen molar-refractivity contribution >= 4 is 23.2 Å². The zero-order valence-corrected chi connectivity index (χ0v) is 20.9. The molecule has 5 rings (SSSR count). The summed E-state index contributed by atoms with van der Waals surface area (Å²) in [6, 6.07) is 19.4. The van der Waals surface area contributed by atoms with Gasteiger partial charge in [-0.2, -0.15) is 0 Å². The van der Waals surface area contributed by atoms with Gasteiger partial charge in [0.25, 0.3) is 11.8 Å². The Morgan fingerprint density at radius 3 is 2.53 bits per heavy atom. The molecule has 0 radical (unpaired) electrons. The monoisotopic (exact) mass is 485 g/mol. The SMILES string of the molecule is Cc1ccc(F)cc1C(=O)Nc1ccc(C(=O)N2CCC3(CCCN(C)C3)Cc3ccccc32)cc1. The third-order valence-electron chi connectivity index (χ3n) is 7.64. The van der Waals surface area contributed by atoms with Gasteiger partial charge >= 0.3 is 0 Å². The minimum absolute atomic E-state index is 0.0393. The smallest absolute Gasteiger partial charge is 0.258 e. The van der Waals surface area contributed by atoms with Crippen LogP contribution in [0.2, 0.25) is 0 Å². The summed E-state index contributed by atoms with van der Waals surface area (Å²) in [6.07, 6.45) is 4.34. The molecular weight excluding hydrogens is 453 g/mol. The van der Waals surface area contributed by atoms with Gasteiger partial charge in [-0.05, 0) is 105 Å². The summed E-state index contributed by atoms with van der Waals surface area (Å²) in [6.45, 7) is 4.64. The highest BCUT2D eigenvalue weighted by Gasteiger charge is 2.38. The second-order valence-corrected chi connectivity index (χ2v) is 10.3. The number of nitrogens with zero attached hydrogens (tertiary/aromatic N) is 2. The maximum Gasteiger partial charge on any atom is 0.258 e. The zero-order chi connectivity index (χ0) is 25.3. The molecule has 1 unspecified atom stereocenters. The van der Waals surface area contributed by atoms with Gasteiger partial charge in [-0.15, -0.1) is 0 Å². The fraction of sp³-hybridized carbons (Fsp3) is 0.333. The average Bonchev–Trinajstić information content (AvgIpc) is 3.02. The molecule has 2 aliphatic rings. The van der Waals surface area contributed by atoms with Gasteiger partial charge in [0.05, 0.1) is 0 Å². The molecule has 1 atom stereocenters. The van der Waals surface area contributed by atoms with Crippen LogP contribution in [0.3, 0.4) is 0 Å². The van der Waals surface area contributed by atoms with Gasteiger partial charge in [-0.25, -0.2) is 4.39 Å². The lowest BCUT2D eigenvalue weighted by Gasteiger charge is -2.41. The molecule has 36 heavy (non-hydrogen) atoms. The number of fused-ring (bicyclic) bond motifs is 1. The van der Waals surface area contributed by atoms with Crippen LogP contribution < -0.4 is 10.2 Å². The molecule has 2 aliphatic heterocycles. The van der Waals surface area contributed by atoms with E-state index < -0.39 is 5.82 Å². The van der Waals surface area contributed by atoms with Gasteiger partial charge in [-0.1, -0.05) is 24.3 Å². The van der Waals surface area contributed by atoms with Crippen molar-refractivity contribution in [3.63, 3.8) is 0 Å². The van der Waals surface area contributed by atoms with Gasteiger partial charge < -0.3 is 15.1 Å². The first-order valence-electron chi connectivity index (χ1n) is 12.6. The third kappa shape index (κ3) is 4.91. The number of hydrogen-bond acceptors (Lipinski definition) is 3. The summed E-state index contributed by atoms with van der Waals surface area (Å²) >= 11 is 0. The highest BCUT2D eigenvalue weighted by molar-refractivity contribution is 6.08. The fourth-order valence-corrected chi connectivity index (χ4v) is 5.79. The second-order valence-electron chi connectivity index (χ2n) is 10.3. The molecule has 0 bridgehead atoms. The van der Waals surface area contributed by atoms with E-state index in [-0.39, 0.29) is 17.2 Å². The van der Waals surface area contributed by atoms with Gasteiger partial charge in [0.2, 0.25) is 0 Å². The summed E-state index contributed by atoms with van der Waals surface area (Å²) in [5, 5.41) is 2.81. The summed E-state index contributed by atoms with van der Waals surface area (Å²) in [5.41, 5.74) is 4.53. The minimum Gasteiger partial charge on any atom is -0.322 e. The van der Waals surface area contributed by atoms with Crippen molar-refractivity contribution in [1.29, 1.82) is 0 Å². The van der Waals surface area contributed by atoms with E-state index in [0.717, 1.165) is 31.6 Å². The van der Waals surface area contributed by atoms with E-state index in [1.807, 2.05) is 11.0 Å². The van der Waals surface area contributed by atoms with Crippen molar-refractivity contribution in [3.05, 3.63) is 94.8 Å². The number of benzene rings is 3. The van der Waals surface area contributed by atoms with Crippen molar-refractivity contribution in [3.8, 4) is 0 Å². The molecule has 186 valence electrons. The van der Waals surface area contributed by atoms with Crippen LogP contribution in [0.1, 0.15) is 51.1 Å². The zero-order valence-electron chi connectivity index (χ0n) is 20.9. The number of halogens is 1. The van der Waals surface area contributed by atoms with Crippen molar-refractivity contribution in [2.75, 3.05) is 36.9 Å². The Morgan fingerprint density at radius 2 is 1.75 bits per heavy atom. The summed E-state index contributed by atoms with van der Waals surface area (Å²) < 4.78 is 13.6. The maximum atomic E-state index is 13.7. The molecule has 1 saturated heterocycles. The van der Waals surface area contributed by atoms with Crippen molar-refractivity contribution < 1.29 is 14.0 Å². The molecule has 6 heteroatoms. The molecule has 1 N–H and O–H groups in total. The minimum atomic E-state index is -0.453. The number of para-hydroxylation sites is 1. The molecule has 0 saturated carbocycles. The van der Waals surface area contributed by atoms with E-state index in [4.69, 9.17) is 0 Å². The Labute approximate surface area is 211 Å². The topological polar surface area (TPSA) is 52.7 Å². The first-order chi connectivity index (χ1) is 17.3. The summed E-state index contributed by atoms with van der Waals surface area (Å²) in [5.74, 6) is -0.871. The second kappa shape index (κ2) is 9.86. The van der Waals surface area contributed by atoms with Crippen LogP contribution in [0.5, 0.6) is 0 Å². The highest BCUT2D eigenvalue weighted by atomic mass is 19.1. The third-order valence-corrected chi connectivity index (χ3v) is 7.64. The fourth-order valence-electron chi connectivity index (χ4n) is 5.79. The Hall–Kier alpha value is -3.51. The van der Waals surface area contributed by atoms with E-state index in [1.165, 1.54) is 30.5 Å². The van der Waals surface area contributed by atoms with Crippen LogP contribution in [0.15, 0.2) is 66.7 Å². The van der Waals surface area contributed by atoms with Crippen LogP contribution in [0.4, 0.5) is 15.8 Å². The van der Waals surface area contributed by atoms with Gasteiger partial charge in [0.1, 0.15) is 5.82 Å². The van der Waals surface area contributed by atoms with Crippen LogP contribution in [-0.4, -0.2) is 43.4 Å². The number of anilines is 2. The van der Waals surface area contributed by atoms with Crippen molar-refractivity contribution in [1.82, 2.24) is 4.90 Å². The predicted molar refractivity (Wildman–Crippen MR) is 141 cm³/mol. The Bertz CT molecular complexity index is 1290. The number of aryl methyl sites for hydroxylation is 1. The number of amides is 2. The summed E-state index contributed by atoms with van der Waals surface area (Å²) in [7, 11) is 2.19. The molecule has 2 amide bonds. The number of carbonyl (C=O) groups excluding carboxylic acids is 2. The lowest BCUT2D eigenvalue weighted by Crippen LogP contribution is -2.43. The number of likely N-dealkylation sites (tertiary alicyclic amines) is 1. The molecule has 0 aromatic heterocycles. The molecule has 0 aliphatic carbocycles. The number of nitrogens with one attached hydrogen (secondary N) is 1. The predicted octanol–water partition coefficient (Wildman–Crippen LogP) is 5.69. The molecule has 3 aromatic carbocycles. The Kier molecular flexibility index (Phi) is 6.63. The lowest BCUT2D eigenvalue weighted by molar-refractivity contribution is 0.0943. The van der Waals surface area contributed by atoms with Gasteiger partial charge in [-0.3, -0.25) is 9.59 Å². The lowest BCUT2D eigenvalue weighted by atomic mass is 9.73. The Morgan fingerprint density at radius 1 is 0.972 bits per heavy atom. The molecular formula is C30H32FN3O2. The molecule has 3 aromatic rings. The standard InChI is InChI=1S/C30H32FN3O2/c1-21-8-11-24(31)18-26(21)28(35)32-25-12-9-22(10-13-25)29(36)34-17-15-30(14-5-16-33(2)20-30)19-23-6-3-4-7-27(23)34/h3-4,6-13,18H,5,14-17,19-20H2,1-2H3,(H,32,35). The van der Waals surface area contributed by atoms with Crippen LogP contribution in [-0.2, 0) is 6.42 Å². The molecule has 2 heterocycles. The maximum absolute atomic E-state index is 13.7. The van der Waals surface area contributed by atoms with E-state index >= 15 is 0 Å². The number of piperidine rings is 1. The van der Waals surface area contributed by atoms with Gasteiger partial charge in [0.15, 0.2) is 0 Å². The van der Waals surface area contributed by atoms with Crippen LogP contribution in [0.25, 0.3) is 0 Å². The van der Waals surface area contributed by atoms with E-state index in [9.17, 15) is 14.0 Å². The normalized spacial score (nSPS) is 20.0. The van der Waals surface area contributed by atoms with Crippen molar-refractivity contribution in [2.45, 2.75) is 32.6 Å². The quantitative estimate of drug-likeness (QED) is 0.518. The van der Waals surface area contributed by atoms with Crippen LogP contribution >= 0.6 is 0 Å². The number of hydrogen-bond donors (Lipinski definition) is 1. The first kappa shape index (κ1) is 24.2. The first-order valence-corrected chi connectivity index (χ1v) is 12.6. The van der Waals surface area contributed by atoms with Crippen LogP contribution in [0, 0.1) is 18.2 Å². The molecule has 1 fully saturated rings. The van der Waals surface area contributed by atoms with E-state index in [0.29, 0.717) is 28.9 Å². The van der Waals surface area contributed by atoms with E-state index in [2.05, 4.69) is 35.5 Å². The largest absolute Gasteiger partial charge is 0.322 e. The highest BCUT2D eigenvalue weighted by Crippen LogP contribution is 2.42.